The average molecular weight is 260 g/mol. The molecule has 0 saturated heterocycles. The SMILES string of the molecule is CC(C)CCc1c(CC#N)nnn1CCC1CCC1. The zero-order valence-corrected chi connectivity index (χ0v) is 12.1. The highest BCUT2D eigenvalue weighted by Gasteiger charge is 2.19. The first-order valence-corrected chi connectivity index (χ1v) is 7.49. The van der Waals surface area contributed by atoms with Gasteiger partial charge in [0.15, 0.2) is 0 Å². The van der Waals surface area contributed by atoms with E-state index >= 15 is 0 Å². The van der Waals surface area contributed by atoms with Crippen LogP contribution in [-0.2, 0) is 19.4 Å². The van der Waals surface area contributed by atoms with Crippen molar-refractivity contribution in [2.24, 2.45) is 11.8 Å². The van der Waals surface area contributed by atoms with Gasteiger partial charge in [0, 0.05) is 6.54 Å². The van der Waals surface area contributed by atoms with Crippen LogP contribution in [0, 0.1) is 23.2 Å². The van der Waals surface area contributed by atoms with Crippen LogP contribution >= 0.6 is 0 Å². The monoisotopic (exact) mass is 260 g/mol. The second-order valence-corrected chi connectivity index (χ2v) is 6.06. The summed E-state index contributed by atoms with van der Waals surface area (Å²) in [6.07, 6.45) is 7.87. The maximum atomic E-state index is 8.87. The summed E-state index contributed by atoms with van der Waals surface area (Å²) in [4.78, 5) is 0. The third-order valence-electron chi connectivity index (χ3n) is 4.10. The summed E-state index contributed by atoms with van der Waals surface area (Å²) in [5.41, 5.74) is 2.08. The molecule has 0 radical (unpaired) electrons. The number of nitrogens with zero attached hydrogens (tertiary/aromatic N) is 4. The van der Waals surface area contributed by atoms with Gasteiger partial charge in [-0.25, -0.2) is 4.68 Å². The van der Waals surface area contributed by atoms with Gasteiger partial charge in [0.05, 0.1) is 23.9 Å². The van der Waals surface area contributed by atoms with E-state index in [-0.39, 0.29) is 0 Å². The van der Waals surface area contributed by atoms with E-state index in [1.165, 1.54) is 31.4 Å². The predicted molar refractivity (Wildman–Crippen MR) is 74.5 cm³/mol. The van der Waals surface area contributed by atoms with E-state index < -0.39 is 0 Å². The Bertz CT molecular complexity index is 437. The van der Waals surface area contributed by atoms with Crippen molar-refractivity contribution in [3.05, 3.63) is 11.4 Å². The molecule has 1 heterocycles. The standard InChI is InChI=1S/C15H24N4/c1-12(2)6-7-15-14(8-10-16)17-18-19(15)11-9-13-4-3-5-13/h12-13H,3-9,11H2,1-2H3. The first-order chi connectivity index (χ1) is 9.20. The minimum Gasteiger partial charge on any atom is -0.249 e. The predicted octanol–water partition coefficient (Wildman–Crippen LogP) is 3.12. The van der Waals surface area contributed by atoms with Crippen molar-refractivity contribution in [1.82, 2.24) is 15.0 Å². The number of rotatable bonds is 7. The largest absolute Gasteiger partial charge is 0.249 e. The summed E-state index contributed by atoms with van der Waals surface area (Å²) >= 11 is 0. The van der Waals surface area contributed by atoms with E-state index in [0.29, 0.717) is 12.3 Å². The Morgan fingerprint density at radius 2 is 2.21 bits per heavy atom. The second kappa shape index (κ2) is 6.70. The quantitative estimate of drug-likeness (QED) is 0.757. The fourth-order valence-corrected chi connectivity index (χ4v) is 2.55. The zero-order valence-electron chi connectivity index (χ0n) is 12.1. The second-order valence-electron chi connectivity index (χ2n) is 6.06. The molecule has 0 N–H and O–H groups in total. The van der Waals surface area contributed by atoms with Crippen LogP contribution in [-0.4, -0.2) is 15.0 Å². The van der Waals surface area contributed by atoms with Crippen molar-refractivity contribution in [2.45, 2.75) is 65.3 Å². The molecule has 104 valence electrons. The maximum Gasteiger partial charge on any atom is 0.0999 e. The highest BCUT2D eigenvalue weighted by atomic mass is 15.4. The van der Waals surface area contributed by atoms with Gasteiger partial charge in [-0.2, -0.15) is 5.26 Å². The lowest BCUT2D eigenvalue weighted by Gasteiger charge is -2.25. The zero-order chi connectivity index (χ0) is 13.7. The molecule has 1 aliphatic carbocycles. The summed E-state index contributed by atoms with van der Waals surface area (Å²) in [5, 5.41) is 17.3. The first-order valence-electron chi connectivity index (χ1n) is 7.49. The minimum absolute atomic E-state index is 0.386. The van der Waals surface area contributed by atoms with Gasteiger partial charge in [0.2, 0.25) is 0 Å². The summed E-state index contributed by atoms with van der Waals surface area (Å²) in [7, 11) is 0. The summed E-state index contributed by atoms with van der Waals surface area (Å²) in [6, 6.07) is 2.20. The molecule has 0 aliphatic heterocycles. The molecule has 0 aromatic carbocycles. The third kappa shape index (κ3) is 3.79. The fourth-order valence-electron chi connectivity index (χ4n) is 2.55. The van der Waals surface area contributed by atoms with Gasteiger partial charge >= 0.3 is 0 Å². The van der Waals surface area contributed by atoms with Gasteiger partial charge < -0.3 is 0 Å². The Hall–Kier alpha value is -1.37. The molecule has 4 nitrogen and oxygen atoms in total. The highest BCUT2D eigenvalue weighted by molar-refractivity contribution is 5.14. The van der Waals surface area contributed by atoms with Crippen molar-refractivity contribution >= 4 is 0 Å². The first kappa shape index (κ1) is 14.0. The van der Waals surface area contributed by atoms with Crippen molar-refractivity contribution in [3.63, 3.8) is 0 Å². The van der Waals surface area contributed by atoms with E-state index in [1.54, 1.807) is 0 Å². The molecule has 0 atom stereocenters. The van der Waals surface area contributed by atoms with Crippen molar-refractivity contribution in [3.8, 4) is 6.07 Å². The summed E-state index contributed by atoms with van der Waals surface area (Å²) in [6.45, 7) is 5.43. The molecule has 19 heavy (non-hydrogen) atoms. The smallest absolute Gasteiger partial charge is 0.0999 e. The Morgan fingerprint density at radius 1 is 1.42 bits per heavy atom. The molecular formula is C15H24N4. The lowest BCUT2D eigenvalue weighted by molar-refractivity contribution is 0.275. The summed E-state index contributed by atoms with van der Waals surface area (Å²) in [5.74, 6) is 1.56. The Kier molecular flexibility index (Phi) is 4.95. The molecule has 0 unspecified atom stereocenters. The number of hydrogen-bond donors (Lipinski definition) is 0. The fraction of sp³-hybridized carbons (Fsp3) is 0.800. The van der Waals surface area contributed by atoms with Crippen LogP contribution in [0.3, 0.4) is 0 Å². The molecule has 0 spiro atoms. The van der Waals surface area contributed by atoms with Crippen LogP contribution in [0.5, 0.6) is 0 Å². The van der Waals surface area contributed by atoms with Crippen LogP contribution < -0.4 is 0 Å². The number of nitriles is 1. The lowest BCUT2D eigenvalue weighted by Crippen LogP contribution is -2.16. The van der Waals surface area contributed by atoms with E-state index in [4.69, 9.17) is 5.26 Å². The van der Waals surface area contributed by atoms with E-state index in [2.05, 4.69) is 30.2 Å². The molecule has 1 saturated carbocycles. The van der Waals surface area contributed by atoms with E-state index in [0.717, 1.165) is 31.0 Å². The molecule has 1 fully saturated rings. The van der Waals surface area contributed by atoms with Crippen molar-refractivity contribution in [2.75, 3.05) is 0 Å². The van der Waals surface area contributed by atoms with Gasteiger partial charge in [-0.3, -0.25) is 0 Å². The molecule has 0 amide bonds. The molecular weight excluding hydrogens is 236 g/mol. The molecule has 1 aromatic heterocycles. The number of aromatic nitrogens is 3. The minimum atomic E-state index is 0.386. The number of hydrogen-bond acceptors (Lipinski definition) is 3. The van der Waals surface area contributed by atoms with Crippen LogP contribution in [0.4, 0.5) is 0 Å². The number of aryl methyl sites for hydroxylation is 1. The van der Waals surface area contributed by atoms with Gasteiger partial charge in [0.1, 0.15) is 0 Å². The van der Waals surface area contributed by atoms with Crippen LogP contribution in [0.25, 0.3) is 0 Å². The van der Waals surface area contributed by atoms with Gasteiger partial charge in [0.25, 0.3) is 0 Å². The molecule has 0 bridgehead atoms. The van der Waals surface area contributed by atoms with Crippen LogP contribution in [0.15, 0.2) is 0 Å². The van der Waals surface area contributed by atoms with E-state index in [9.17, 15) is 0 Å². The third-order valence-corrected chi connectivity index (χ3v) is 4.10. The Balaban J connectivity index is 2.00. The van der Waals surface area contributed by atoms with Crippen molar-refractivity contribution < 1.29 is 0 Å². The normalized spacial score (nSPS) is 15.5. The van der Waals surface area contributed by atoms with Gasteiger partial charge in [-0.1, -0.05) is 38.3 Å². The van der Waals surface area contributed by atoms with Crippen LogP contribution in [0.2, 0.25) is 0 Å². The molecule has 1 aromatic rings. The molecule has 4 heteroatoms. The maximum absolute atomic E-state index is 8.87. The summed E-state index contributed by atoms with van der Waals surface area (Å²) < 4.78 is 2.05. The van der Waals surface area contributed by atoms with Crippen LogP contribution in [0.1, 0.15) is 57.3 Å². The van der Waals surface area contributed by atoms with Crippen molar-refractivity contribution in [1.29, 1.82) is 5.26 Å². The van der Waals surface area contributed by atoms with Gasteiger partial charge in [-0.15, -0.1) is 5.10 Å². The average Bonchev–Trinajstić information content (AvgIpc) is 2.68. The van der Waals surface area contributed by atoms with Gasteiger partial charge in [-0.05, 0) is 31.1 Å². The Morgan fingerprint density at radius 3 is 2.79 bits per heavy atom. The molecule has 2 rings (SSSR count). The lowest BCUT2D eigenvalue weighted by atomic mass is 9.83. The highest BCUT2D eigenvalue weighted by Crippen LogP contribution is 2.29. The van der Waals surface area contributed by atoms with E-state index in [1.807, 2.05) is 4.68 Å². The Labute approximate surface area is 115 Å². The topological polar surface area (TPSA) is 54.5 Å². The molecule has 1 aliphatic rings.